The van der Waals surface area contributed by atoms with E-state index in [4.69, 9.17) is 4.74 Å². The molecule has 1 aromatic carbocycles. The van der Waals surface area contributed by atoms with Gasteiger partial charge in [0.1, 0.15) is 36.4 Å². The average Bonchev–Trinajstić information content (AvgIpc) is 2.59. The lowest BCUT2D eigenvalue weighted by Crippen LogP contribution is -2.26. The highest BCUT2D eigenvalue weighted by molar-refractivity contribution is 5.85. The first-order valence-corrected chi connectivity index (χ1v) is 7.08. The van der Waals surface area contributed by atoms with Gasteiger partial charge in [0.05, 0.1) is 5.39 Å². The Morgan fingerprint density at radius 3 is 2.78 bits per heavy atom. The van der Waals surface area contributed by atoms with Crippen molar-refractivity contribution in [2.24, 2.45) is 0 Å². The summed E-state index contributed by atoms with van der Waals surface area (Å²) in [6.07, 6.45) is 2.32. The van der Waals surface area contributed by atoms with E-state index in [1.54, 1.807) is 12.3 Å². The lowest BCUT2D eigenvalue weighted by atomic mass is 10.3. The van der Waals surface area contributed by atoms with Crippen LogP contribution in [0.1, 0.15) is 0 Å². The Morgan fingerprint density at radius 2 is 1.96 bits per heavy atom. The fraction of sp³-hybridized carbons (Fsp3) is 0.188. The third kappa shape index (κ3) is 3.89. The van der Waals surface area contributed by atoms with Gasteiger partial charge in [0.25, 0.3) is 0 Å². The van der Waals surface area contributed by atoms with Gasteiger partial charge in [-0.25, -0.2) is 19.3 Å². The zero-order chi connectivity index (χ0) is 16.1. The van der Waals surface area contributed by atoms with Crippen molar-refractivity contribution in [1.29, 1.82) is 0 Å². The molecule has 0 aliphatic heterocycles. The van der Waals surface area contributed by atoms with E-state index < -0.39 is 6.10 Å². The van der Waals surface area contributed by atoms with Gasteiger partial charge in [-0.15, -0.1) is 0 Å². The smallest absolute Gasteiger partial charge is 0.164 e. The van der Waals surface area contributed by atoms with Crippen LogP contribution in [0, 0.1) is 5.82 Å². The van der Waals surface area contributed by atoms with Crippen LogP contribution in [-0.2, 0) is 0 Å². The Bertz CT molecular complexity index is 777. The van der Waals surface area contributed by atoms with Crippen LogP contribution in [0.4, 0.5) is 10.2 Å². The standard InChI is InChI=1S/C16H15FN4O2/c17-11-3-5-13(6-4-11)23-9-12(22)8-19-16-14-2-1-7-18-15(14)20-10-21-16/h1-7,10,12,22H,8-9H2,(H,18,19,20,21). The van der Waals surface area contributed by atoms with Crippen LogP contribution >= 0.6 is 0 Å². The van der Waals surface area contributed by atoms with E-state index in [9.17, 15) is 9.50 Å². The Kier molecular flexibility index (Phi) is 4.58. The minimum absolute atomic E-state index is 0.0832. The lowest BCUT2D eigenvalue weighted by Gasteiger charge is -2.14. The molecule has 0 spiro atoms. The fourth-order valence-electron chi connectivity index (χ4n) is 2.03. The van der Waals surface area contributed by atoms with E-state index in [0.29, 0.717) is 17.2 Å². The molecule has 0 aliphatic rings. The second-order valence-electron chi connectivity index (χ2n) is 4.90. The van der Waals surface area contributed by atoms with Gasteiger partial charge in [-0.3, -0.25) is 0 Å². The van der Waals surface area contributed by atoms with Crippen molar-refractivity contribution in [1.82, 2.24) is 15.0 Å². The Balaban J connectivity index is 1.56. The van der Waals surface area contributed by atoms with Crippen molar-refractivity contribution < 1.29 is 14.2 Å². The highest BCUT2D eigenvalue weighted by atomic mass is 19.1. The number of aromatic nitrogens is 3. The molecule has 2 heterocycles. The van der Waals surface area contributed by atoms with Gasteiger partial charge in [-0.2, -0.15) is 0 Å². The Labute approximate surface area is 132 Å². The molecule has 0 saturated heterocycles. The molecule has 0 radical (unpaired) electrons. The number of nitrogens with zero attached hydrogens (tertiary/aromatic N) is 3. The first kappa shape index (κ1) is 15.1. The molecule has 0 saturated carbocycles. The van der Waals surface area contributed by atoms with Gasteiger partial charge in [0, 0.05) is 12.7 Å². The van der Waals surface area contributed by atoms with Crippen molar-refractivity contribution in [2.75, 3.05) is 18.5 Å². The van der Waals surface area contributed by atoms with Gasteiger partial charge >= 0.3 is 0 Å². The summed E-state index contributed by atoms with van der Waals surface area (Å²) in [7, 11) is 0. The molecular formula is C16H15FN4O2. The van der Waals surface area contributed by atoms with Crippen LogP contribution in [-0.4, -0.2) is 39.3 Å². The summed E-state index contributed by atoms with van der Waals surface area (Å²) >= 11 is 0. The van der Waals surface area contributed by atoms with Crippen molar-refractivity contribution in [2.45, 2.75) is 6.10 Å². The first-order chi connectivity index (χ1) is 11.2. The number of aliphatic hydroxyl groups is 1. The second-order valence-corrected chi connectivity index (χ2v) is 4.90. The number of fused-ring (bicyclic) bond motifs is 1. The van der Waals surface area contributed by atoms with E-state index in [1.807, 2.05) is 6.07 Å². The van der Waals surface area contributed by atoms with Gasteiger partial charge in [0.2, 0.25) is 0 Å². The summed E-state index contributed by atoms with van der Waals surface area (Å²) in [6.45, 7) is 0.335. The summed E-state index contributed by atoms with van der Waals surface area (Å²) in [6, 6.07) is 9.29. The summed E-state index contributed by atoms with van der Waals surface area (Å²) in [5, 5.41) is 13.8. The van der Waals surface area contributed by atoms with Crippen molar-refractivity contribution >= 4 is 16.9 Å². The highest BCUT2D eigenvalue weighted by Crippen LogP contribution is 2.16. The maximum absolute atomic E-state index is 12.8. The number of ether oxygens (including phenoxy) is 1. The average molecular weight is 314 g/mol. The number of pyridine rings is 1. The number of hydrogen-bond donors (Lipinski definition) is 2. The molecule has 7 heteroatoms. The summed E-state index contributed by atoms with van der Waals surface area (Å²) in [4.78, 5) is 12.4. The first-order valence-electron chi connectivity index (χ1n) is 7.08. The fourth-order valence-corrected chi connectivity index (χ4v) is 2.03. The molecule has 1 atom stereocenters. The molecule has 0 amide bonds. The zero-order valence-corrected chi connectivity index (χ0v) is 12.2. The largest absolute Gasteiger partial charge is 0.491 e. The van der Waals surface area contributed by atoms with Gasteiger partial charge in [-0.1, -0.05) is 0 Å². The quantitative estimate of drug-likeness (QED) is 0.724. The van der Waals surface area contributed by atoms with E-state index >= 15 is 0 Å². The number of aliphatic hydroxyl groups excluding tert-OH is 1. The third-order valence-corrected chi connectivity index (χ3v) is 3.17. The summed E-state index contributed by atoms with van der Waals surface area (Å²) in [5.74, 6) is 0.773. The van der Waals surface area contributed by atoms with Gasteiger partial charge in [-0.05, 0) is 36.4 Å². The predicted molar refractivity (Wildman–Crippen MR) is 83.7 cm³/mol. The molecular weight excluding hydrogens is 299 g/mol. The van der Waals surface area contributed by atoms with Gasteiger partial charge in [0.15, 0.2) is 5.65 Å². The predicted octanol–water partition coefficient (Wildman–Crippen LogP) is 2.02. The minimum Gasteiger partial charge on any atom is -0.491 e. The molecule has 23 heavy (non-hydrogen) atoms. The number of rotatable bonds is 6. The van der Waals surface area contributed by atoms with Gasteiger partial charge < -0.3 is 15.2 Å². The third-order valence-electron chi connectivity index (χ3n) is 3.17. The molecule has 1 unspecified atom stereocenters. The van der Waals surface area contributed by atoms with Crippen LogP contribution in [0.2, 0.25) is 0 Å². The molecule has 0 bridgehead atoms. The number of nitrogens with one attached hydrogen (secondary N) is 1. The molecule has 2 aromatic heterocycles. The molecule has 6 nitrogen and oxygen atoms in total. The number of halogens is 1. The Morgan fingerprint density at radius 1 is 1.13 bits per heavy atom. The summed E-state index contributed by atoms with van der Waals surface area (Å²) < 4.78 is 18.2. The molecule has 0 fully saturated rings. The van der Waals surface area contributed by atoms with Crippen molar-refractivity contribution in [3.05, 3.63) is 54.7 Å². The number of benzene rings is 1. The second kappa shape index (κ2) is 6.97. The summed E-state index contributed by atoms with van der Waals surface area (Å²) in [5.41, 5.74) is 0.585. The van der Waals surface area contributed by atoms with Crippen LogP contribution in [0.15, 0.2) is 48.9 Å². The van der Waals surface area contributed by atoms with E-state index in [0.717, 1.165) is 5.39 Å². The molecule has 3 rings (SSSR count). The van der Waals surface area contributed by atoms with Crippen molar-refractivity contribution in [3.63, 3.8) is 0 Å². The molecule has 118 valence electrons. The normalized spacial score (nSPS) is 12.1. The Hall–Kier alpha value is -2.80. The SMILES string of the molecule is OC(CNc1ncnc2ncccc12)COc1ccc(F)cc1. The minimum atomic E-state index is -0.748. The number of hydrogen-bond acceptors (Lipinski definition) is 6. The maximum atomic E-state index is 12.8. The topological polar surface area (TPSA) is 80.2 Å². The van der Waals surface area contributed by atoms with Crippen LogP contribution in [0.5, 0.6) is 5.75 Å². The maximum Gasteiger partial charge on any atom is 0.164 e. The van der Waals surface area contributed by atoms with Crippen LogP contribution < -0.4 is 10.1 Å². The molecule has 3 aromatic rings. The van der Waals surface area contributed by atoms with E-state index in [1.165, 1.54) is 30.6 Å². The van der Waals surface area contributed by atoms with Crippen LogP contribution in [0.3, 0.4) is 0 Å². The highest BCUT2D eigenvalue weighted by Gasteiger charge is 2.08. The zero-order valence-electron chi connectivity index (χ0n) is 12.2. The molecule has 0 aliphatic carbocycles. The number of anilines is 1. The lowest BCUT2D eigenvalue weighted by molar-refractivity contribution is 0.117. The van der Waals surface area contributed by atoms with Crippen LogP contribution in [0.25, 0.3) is 11.0 Å². The van der Waals surface area contributed by atoms with Crippen molar-refractivity contribution in [3.8, 4) is 5.75 Å². The monoisotopic (exact) mass is 314 g/mol. The molecule has 2 N–H and O–H groups in total. The van der Waals surface area contributed by atoms with E-state index in [2.05, 4.69) is 20.3 Å². The van der Waals surface area contributed by atoms with E-state index in [-0.39, 0.29) is 19.0 Å².